The highest BCUT2D eigenvalue weighted by Crippen LogP contribution is 2.41. The van der Waals surface area contributed by atoms with Crippen LogP contribution in [0.1, 0.15) is 47.7 Å². The molecule has 2 aliphatic rings. The van der Waals surface area contributed by atoms with Gasteiger partial charge in [-0.2, -0.15) is 0 Å². The first kappa shape index (κ1) is 14.6. The van der Waals surface area contributed by atoms with Crippen LogP contribution in [0, 0.1) is 0 Å². The van der Waals surface area contributed by atoms with E-state index in [0.717, 1.165) is 55.4 Å². The second-order valence-corrected chi connectivity index (χ2v) is 6.95. The molecule has 5 heteroatoms. The van der Waals surface area contributed by atoms with Crippen molar-refractivity contribution in [2.45, 2.75) is 31.6 Å². The number of rotatable bonds is 3. The Morgan fingerprint density at radius 3 is 2.60 bits per heavy atom. The first-order valence-corrected chi connectivity index (χ1v) is 8.96. The number of pyridine rings is 1. The number of nitrogens with zero attached hydrogens (tertiary/aromatic N) is 3. The maximum atomic E-state index is 13.2. The quantitative estimate of drug-likeness (QED) is 0.727. The first-order chi connectivity index (χ1) is 12.3. The Labute approximate surface area is 145 Å². The molecular weight excluding hydrogens is 314 g/mol. The maximum Gasteiger partial charge on any atom is 0.259 e. The van der Waals surface area contributed by atoms with Crippen LogP contribution in [0.5, 0.6) is 0 Å². The van der Waals surface area contributed by atoms with Gasteiger partial charge in [0.05, 0.1) is 10.9 Å². The molecule has 0 bridgehead atoms. The highest BCUT2D eigenvalue weighted by molar-refractivity contribution is 6.09. The average Bonchev–Trinajstić information content (AvgIpc) is 3.19. The van der Waals surface area contributed by atoms with Crippen molar-refractivity contribution in [2.75, 3.05) is 13.1 Å². The normalized spacial score (nSPS) is 17.4. The summed E-state index contributed by atoms with van der Waals surface area (Å²) < 4.78 is 5.54. The van der Waals surface area contributed by atoms with Crippen molar-refractivity contribution in [1.82, 2.24) is 15.0 Å². The molecule has 1 saturated heterocycles. The molecule has 2 fully saturated rings. The number of hydrogen-bond acceptors (Lipinski definition) is 4. The maximum absolute atomic E-state index is 13.2. The molecule has 3 aromatic rings. The predicted octanol–water partition coefficient (Wildman–Crippen LogP) is 4.00. The van der Waals surface area contributed by atoms with Gasteiger partial charge in [-0.25, -0.2) is 4.98 Å². The van der Waals surface area contributed by atoms with E-state index >= 15 is 0 Å². The van der Waals surface area contributed by atoms with Crippen molar-refractivity contribution in [1.29, 1.82) is 0 Å². The molecule has 0 spiro atoms. The third-order valence-corrected chi connectivity index (χ3v) is 5.13. The zero-order chi connectivity index (χ0) is 16.8. The molecule has 1 aliphatic carbocycles. The van der Waals surface area contributed by atoms with Crippen LogP contribution in [0.4, 0.5) is 0 Å². The summed E-state index contributed by atoms with van der Waals surface area (Å²) in [4.78, 5) is 19.8. The topological polar surface area (TPSA) is 59.2 Å². The molecule has 25 heavy (non-hydrogen) atoms. The fraction of sp³-hybridized carbons (Fsp3) is 0.350. The van der Waals surface area contributed by atoms with Gasteiger partial charge in [-0.15, -0.1) is 0 Å². The molecule has 3 heterocycles. The van der Waals surface area contributed by atoms with Gasteiger partial charge in [0.15, 0.2) is 0 Å². The van der Waals surface area contributed by atoms with Crippen molar-refractivity contribution in [2.24, 2.45) is 0 Å². The zero-order valence-electron chi connectivity index (χ0n) is 13.9. The van der Waals surface area contributed by atoms with Crippen molar-refractivity contribution in [3.05, 3.63) is 47.7 Å². The summed E-state index contributed by atoms with van der Waals surface area (Å²) in [5.74, 6) is 0.534. The van der Waals surface area contributed by atoms with E-state index < -0.39 is 0 Å². The van der Waals surface area contributed by atoms with Crippen molar-refractivity contribution < 1.29 is 9.32 Å². The highest BCUT2D eigenvalue weighted by atomic mass is 16.5. The van der Waals surface area contributed by atoms with Crippen LogP contribution in [-0.4, -0.2) is 34.0 Å². The molecule has 1 amide bonds. The third-order valence-electron chi connectivity index (χ3n) is 5.13. The van der Waals surface area contributed by atoms with E-state index in [4.69, 9.17) is 4.52 Å². The second-order valence-electron chi connectivity index (χ2n) is 6.95. The number of hydrogen-bond donors (Lipinski definition) is 0. The summed E-state index contributed by atoms with van der Waals surface area (Å²) >= 11 is 0. The Kier molecular flexibility index (Phi) is 3.33. The minimum atomic E-state index is 0.0761. The van der Waals surface area contributed by atoms with Gasteiger partial charge in [0.1, 0.15) is 5.69 Å². The molecule has 5 nitrogen and oxygen atoms in total. The minimum Gasteiger partial charge on any atom is -0.339 e. The lowest BCUT2D eigenvalue weighted by atomic mass is 10.0. The lowest BCUT2D eigenvalue weighted by Gasteiger charge is -2.16. The number of carbonyl (C=O) groups excluding carboxylic acids is 1. The van der Waals surface area contributed by atoms with Gasteiger partial charge in [-0.05, 0) is 31.7 Å². The molecule has 2 aromatic heterocycles. The smallest absolute Gasteiger partial charge is 0.259 e. The molecule has 0 N–H and O–H groups in total. The van der Waals surface area contributed by atoms with Crippen LogP contribution in [0.2, 0.25) is 0 Å². The number of aromatic nitrogens is 2. The van der Waals surface area contributed by atoms with E-state index in [1.54, 1.807) is 0 Å². The van der Waals surface area contributed by atoms with E-state index in [-0.39, 0.29) is 5.91 Å². The number of likely N-dealkylation sites (tertiary alicyclic amines) is 1. The van der Waals surface area contributed by atoms with E-state index in [1.807, 2.05) is 41.3 Å². The van der Waals surface area contributed by atoms with Gasteiger partial charge in [0.2, 0.25) is 0 Å². The van der Waals surface area contributed by atoms with E-state index in [9.17, 15) is 4.79 Å². The number of amides is 1. The van der Waals surface area contributed by atoms with Gasteiger partial charge in [0.25, 0.3) is 11.6 Å². The van der Waals surface area contributed by atoms with Gasteiger partial charge in [-0.1, -0.05) is 35.5 Å². The summed E-state index contributed by atoms with van der Waals surface area (Å²) in [6.07, 6.45) is 4.42. The zero-order valence-corrected chi connectivity index (χ0v) is 13.9. The SMILES string of the molecule is O=C(c1cc(C2CC2)nc2onc(-c3ccccc3)c12)N1CCCC1. The van der Waals surface area contributed by atoms with Crippen molar-refractivity contribution in [3.8, 4) is 11.3 Å². The van der Waals surface area contributed by atoms with Crippen LogP contribution < -0.4 is 0 Å². The van der Waals surface area contributed by atoms with Gasteiger partial charge in [-0.3, -0.25) is 4.79 Å². The fourth-order valence-electron chi connectivity index (χ4n) is 3.61. The number of carbonyl (C=O) groups is 1. The van der Waals surface area contributed by atoms with Crippen LogP contribution >= 0.6 is 0 Å². The van der Waals surface area contributed by atoms with Crippen LogP contribution in [0.25, 0.3) is 22.4 Å². The Balaban J connectivity index is 1.71. The lowest BCUT2D eigenvalue weighted by Crippen LogP contribution is -2.28. The van der Waals surface area contributed by atoms with Crippen LogP contribution in [-0.2, 0) is 0 Å². The molecule has 126 valence electrons. The highest BCUT2D eigenvalue weighted by Gasteiger charge is 2.31. The summed E-state index contributed by atoms with van der Waals surface area (Å²) in [7, 11) is 0. The molecule has 1 aliphatic heterocycles. The van der Waals surface area contributed by atoms with Gasteiger partial charge in [0, 0.05) is 30.3 Å². The monoisotopic (exact) mass is 333 g/mol. The molecule has 1 aromatic carbocycles. The average molecular weight is 333 g/mol. The Hall–Kier alpha value is -2.69. The molecule has 0 radical (unpaired) electrons. The Morgan fingerprint density at radius 1 is 1.12 bits per heavy atom. The summed E-state index contributed by atoms with van der Waals surface area (Å²) in [5, 5.41) is 4.99. The minimum absolute atomic E-state index is 0.0761. The van der Waals surface area contributed by atoms with Gasteiger partial charge >= 0.3 is 0 Å². The summed E-state index contributed by atoms with van der Waals surface area (Å²) in [6, 6.07) is 11.8. The van der Waals surface area contributed by atoms with E-state index in [2.05, 4.69) is 10.1 Å². The second kappa shape index (κ2) is 5.69. The first-order valence-electron chi connectivity index (χ1n) is 8.96. The Morgan fingerprint density at radius 2 is 1.88 bits per heavy atom. The van der Waals surface area contributed by atoms with E-state index in [0.29, 0.717) is 22.9 Å². The molecular formula is C20H19N3O2. The summed E-state index contributed by atoms with van der Waals surface area (Å²) in [5.41, 5.74) is 3.77. The van der Waals surface area contributed by atoms with Crippen molar-refractivity contribution in [3.63, 3.8) is 0 Å². The van der Waals surface area contributed by atoms with Gasteiger partial charge < -0.3 is 9.42 Å². The summed E-state index contributed by atoms with van der Waals surface area (Å²) in [6.45, 7) is 1.65. The molecule has 1 saturated carbocycles. The number of benzene rings is 1. The van der Waals surface area contributed by atoms with Crippen LogP contribution in [0.3, 0.4) is 0 Å². The lowest BCUT2D eigenvalue weighted by molar-refractivity contribution is 0.0794. The largest absolute Gasteiger partial charge is 0.339 e. The van der Waals surface area contributed by atoms with Crippen molar-refractivity contribution >= 4 is 17.0 Å². The Bertz CT molecular complexity index is 938. The standard InChI is InChI=1S/C20H19N3O2/c24-20(23-10-4-5-11-23)15-12-16(13-8-9-13)21-19-17(15)18(22-25-19)14-6-2-1-3-7-14/h1-3,6-7,12-13H,4-5,8-11H2. The molecule has 0 unspecified atom stereocenters. The third kappa shape index (κ3) is 2.51. The fourth-order valence-corrected chi connectivity index (χ4v) is 3.61. The van der Waals surface area contributed by atoms with Crippen LogP contribution in [0.15, 0.2) is 40.9 Å². The number of fused-ring (bicyclic) bond motifs is 1. The molecule has 5 rings (SSSR count). The molecule has 0 atom stereocenters. The van der Waals surface area contributed by atoms with E-state index in [1.165, 1.54) is 0 Å². The predicted molar refractivity (Wildman–Crippen MR) is 94.4 cm³/mol.